The summed E-state index contributed by atoms with van der Waals surface area (Å²) in [5.74, 6) is 0.340. The molecule has 0 amide bonds. The van der Waals surface area contributed by atoms with Crippen molar-refractivity contribution >= 4 is 17.5 Å². The quantitative estimate of drug-likeness (QED) is 0.766. The van der Waals surface area contributed by atoms with E-state index >= 15 is 0 Å². The van der Waals surface area contributed by atoms with Gasteiger partial charge in [0.2, 0.25) is 0 Å². The number of rotatable bonds is 2. The first-order chi connectivity index (χ1) is 12.3. The maximum Gasteiger partial charge on any atom is 0.332 e. The molecule has 4 aliphatic rings. The molecule has 6 atom stereocenters. The lowest BCUT2D eigenvalue weighted by Gasteiger charge is -2.55. The Kier molecular flexibility index (Phi) is 4.14. The van der Waals surface area contributed by atoms with Gasteiger partial charge < -0.3 is 9.84 Å². The normalized spacial score (nSPS) is 44.7. The zero-order valence-corrected chi connectivity index (χ0v) is 15.6. The molecule has 0 heterocycles. The van der Waals surface area contributed by atoms with Crippen LogP contribution in [0.4, 0.5) is 0 Å². The minimum absolute atomic E-state index is 0.0366. The van der Waals surface area contributed by atoms with Gasteiger partial charge in [-0.2, -0.15) is 0 Å². The average Bonchev–Trinajstić information content (AvgIpc) is 2.91. The van der Waals surface area contributed by atoms with E-state index in [0.717, 1.165) is 37.7 Å². The monoisotopic (exact) mass is 360 g/mol. The van der Waals surface area contributed by atoms with Crippen molar-refractivity contribution < 1.29 is 24.2 Å². The molecular formula is C21H28O5. The van der Waals surface area contributed by atoms with Crippen LogP contribution < -0.4 is 0 Å². The average molecular weight is 360 g/mol. The van der Waals surface area contributed by atoms with Gasteiger partial charge in [-0.05, 0) is 55.4 Å². The molecule has 0 spiro atoms. The van der Waals surface area contributed by atoms with Crippen LogP contribution in [0.25, 0.3) is 0 Å². The predicted molar refractivity (Wildman–Crippen MR) is 94.1 cm³/mol. The largest absolute Gasteiger partial charge is 0.460 e. The van der Waals surface area contributed by atoms with Crippen molar-refractivity contribution in [2.75, 3.05) is 6.61 Å². The fraction of sp³-hybridized carbons (Fsp3) is 0.762. The SMILES string of the molecule is C[C@]12CC[C@H](OC(=O)CO)CC1=CC(=O)C1C2CC[C@]2(C)C(=O)CCC12. The molecule has 4 aliphatic carbocycles. The van der Waals surface area contributed by atoms with Gasteiger partial charge in [0.15, 0.2) is 5.78 Å². The number of aliphatic hydroxyl groups excluding tert-OH is 1. The Balaban J connectivity index is 1.63. The van der Waals surface area contributed by atoms with Crippen molar-refractivity contribution in [1.82, 2.24) is 0 Å². The summed E-state index contributed by atoms with van der Waals surface area (Å²) < 4.78 is 5.32. The van der Waals surface area contributed by atoms with Crippen LogP contribution in [-0.2, 0) is 19.1 Å². The molecule has 0 bridgehead atoms. The maximum atomic E-state index is 13.1. The van der Waals surface area contributed by atoms with Gasteiger partial charge in [-0.25, -0.2) is 4.79 Å². The lowest BCUT2D eigenvalue weighted by atomic mass is 9.48. The summed E-state index contributed by atoms with van der Waals surface area (Å²) in [6, 6.07) is 0. The smallest absolute Gasteiger partial charge is 0.332 e. The fourth-order valence-electron chi connectivity index (χ4n) is 6.47. The Labute approximate surface area is 154 Å². The minimum atomic E-state index is -0.606. The standard InChI is InChI=1S/C21H28O5/c1-20-7-5-13(26-18(25)11-22)9-12(20)10-16(23)19-14-3-4-17(24)21(14,2)8-6-15(19)20/h10,13-15,19,22H,3-9,11H2,1-2H3/t13-,14?,15?,19?,20-,21-/m0/s1. The van der Waals surface area contributed by atoms with Crippen LogP contribution in [0.5, 0.6) is 0 Å². The van der Waals surface area contributed by atoms with Gasteiger partial charge in [-0.15, -0.1) is 0 Å². The fourth-order valence-corrected chi connectivity index (χ4v) is 6.47. The van der Waals surface area contributed by atoms with E-state index in [1.165, 1.54) is 0 Å². The number of esters is 1. The molecule has 5 nitrogen and oxygen atoms in total. The first-order valence-corrected chi connectivity index (χ1v) is 9.88. The third kappa shape index (κ3) is 2.43. The van der Waals surface area contributed by atoms with Crippen LogP contribution in [0.1, 0.15) is 58.8 Å². The first kappa shape index (κ1) is 17.9. The van der Waals surface area contributed by atoms with Crippen LogP contribution in [-0.4, -0.2) is 35.4 Å². The molecule has 26 heavy (non-hydrogen) atoms. The highest BCUT2D eigenvalue weighted by atomic mass is 16.6. The summed E-state index contributed by atoms with van der Waals surface area (Å²) in [5, 5.41) is 8.91. The van der Waals surface area contributed by atoms with E-state index in [4.69, 9.17) is 9.84 Å². The van der Waals surface area contributed by atoms with Crippen molar-refractivity contribution in [2.24, 2.45) is 28.6 Å². The highest BCUT2D eigenvalue weighted by Crippen LogP contribution is 2.63. The van der Waals surface area contributed by atoms with Crippen molar-refractivity contribution in [3.8, 4) is 0 Å². The molecule has 1 N–H and O–H groups in total. The summed E-state index contributed by atoms with van der Waals surface area (Å²) in [6.07, 6.45) is 7.04. The number of hydrogen-bond donors (Lipinski definition) is 1. The molecule has 0 saturated heterocycles. The molecule has 0 radical (unpaired) electrons. The van der Waals surface area contributed by atoms with Gasteiger partial charge in [0.25, 0.3) is 0 Å². The maximum absolute atomic E-state index is 13.1. The Morgan fingerprint density at radius 1 is 1.15 bits per heavy atom. The predicted octanol–water partition coefficient (Wildman–Crippen LogP) is 2.60. The van der Waals surface area contributed by atoms with E-state index in [2.05, 4.69) is 13.8 Å². The second kappa shape index (κ2) is 6.01. The third-order valence-corrected chi connectivity index (χ3v) is 8.04. The minimum Gasteiger partial charge on any atom is -0.460 e. The van der Waals surface area contributed by atoms with Crippen LogP contribution in [0.3, 0.4) is 0 Å². The molecule has 0 aromatic carbocycles. The third-order valence-electron chi connectivity index (χ3n) is 8.04. The zero-order chi connectivity index (χ0) is 18.7. The van der Waals surface area contributed by atoms with Gasteiger partial charge >= 0.3 is 5.97 Å². The van der Waals surface area contributed by atoms with Gasteiger partial charge in [0.1, 0.15) is 18.5 Å². The van der Waals surface area contributed by atoms with Crippen LogP contribution in [0.15, 0.2) is 11.6 Å². The molecule has 4 rings (SSSR count). The molecule has 3 fully saturated rings. The van der Waals surface area contributed by atoms with Crippen molar-refractivity contribution in [3.63, 3.8) is 0 Å². The molecule has 142 valence electrons. The number of allylic oxidation sites excluding steroid dienone is 1. The molecule has 5 heteroatoms. The molecule has 0 aromatic rings. The van der Waals surface area contributed by atoms with E-state index in [1.54, 1.807) is 6.08 Å². The molecular weight excluding hydrogens is 332 g/mol. The highest BCUT2D eigenvalue weighted by Gasteiger charge is 2.61. The molecule has 0 aromatic heterocycles. The number of aliphatic hydroxyl groups is 1. The lowest BCUT2D eigenvalue weighted by molar-refractivity contribution is -0.155. The van der Waals surface area contributed by atoms with Gasteiger partial charge in [0, 0.05) is 24.2 Å². The topological polar surface area (TPSA) is 80.7 Å². The Bertz CT molecular complexity index is 695. The lowest BCUT2D eigenvalue weighted by Crippen LogP contribution is -2.53. The van der Waals surface area contributed by atoms with Crippen LogP contribution in [0.2, 0.25) is 0 Å². The summed E-state index contributed by atoms with van der Waals surface area (Å²) in [5.41, 5.74) is 0.735. The Morgan fingerprint density at radius 2 is 1.85 bits per heavy atom. The second-order valence-electron chi connectivity index (χ2n) is 9.16. The number of fused-ring (bicyclic) bond motifs is 5. The van der Waals surface area contributed by atoms with Crippen LogP contribution in [0, 0.1) is 28.6 Å². The van der Waals surface area contributed by atoms with Crippen molar-refractivity contribution in [2.45, 2.75) is 64.9 Å². The number of Topliss-reactive ketones (excluding diaryl/α,β-unsaturated/α-hetero) is 1. The van der Waals surface area contributed by atoms with Gasteiger partial charge in [-0.3, -0.25) is 9.59 Å². The summed E-state index contributed by atoms with van der Waals surface area (Å²) in [7, 11) is 0. The van der Waals surface area contributed by atoms with Crippen molar-refractivity contribution in [3.05, 3.63) is 11.6 Å². The molecule has 0 aliphatic heterocycles. The van der Waals surface area contributed by atoms with Gasteiger partial charge in [-0.1, -0.05) is 19.4 Å². The Morgan fingerprint density at radius 3 is 2.58 bits per heavy atom. The van der Waals surface area contributed by atoms with E-state index in [9.17, 15) is 14.4 Å². The summed E-state index contributed by atoms with van der Waals surface area (Å²) in [6.45, 7) is 3.72. The second-order valence-corrected chi connectivity index (χ2v) is 9.16. The first-order valence-electron chi connectivity index (χ1n) is 9.88. The summed E-state index contributed by atoms with van der Waals surface area (Å²) in [4.78, 5) is 36.9. The Hall–Kier alpha value is -1.49. The number of ether oxygens (including phenoxy) is 1. The van der Waals surface area contributed by atoms with Gasteiger partial charge in [0.05, 0.1) is 0 Å². The van der Waals surface area contributed by atoms with E-state index in [-0.39, 0.29) is 40.5 Å². The van der Waals surface area contributed by atoms with E-state index in [0.29, 0.717) is 18.6 Å². The molecule has 3 unspecified atom stereocenters. The van der Waals surface area contributed by atoms with E-state index in [1.807, 2.05) is 0 Å². The number of carbonyl (C=O) groups is 3. The molecule has 3 saturated carbocycles. The zero-order valence-electron chi connectivity index (χ0n) is 15.6. The van der Waals surface area contributed by atoms with Crippen molar-refractivity contribution in [1.29, 1.82) is 0 Å². The number of ketones is 2. The number of carbonyl (C=O) groups excluding carboxylic acids is 3. The van der Waals surface area contributed by atoms with Crippen LogP contribution >= 0.6 is 0 Å². The summed E-state index contributed by atoms with van der Waals surface area (Å²) >= 11 is 0. The van der Waals surface area contributed by atoms with E-state index < -0.39 is 12.6 Å². The highest BCUT2D eigenvalue weighted by molar-refractivity contribution is 5.96. The number of hydrogen-bond acceptors (Lipinski definition) is 5.